The summed E-state index contributed by atoms with van der Waals surface area (Å²) in [6.07, 6.45) is 0. The summed E-state index contributed by atoms with van der Waals surface area (Å²) in [6.45, 7) is 19.0. The Balaban J connectivity index is 2.73. The van der Waals surface area contributed by atoms with Gasteiger partial charge in [0, 0.05) is 0 Å². The predicted molar refractivity (Wildman–Crippen MR) is 112 cm³/mol. The van der Waals surface area contributed by atoms with E-state index in [1.54, 1.807) is 5.30 Å². The first-order valence-electron chi connectivity index (χ1n) is 9.02. The van der Waals surface area contributed by atoms with E-state index in [-0.39, 0.29) is 18.2 Å². The van der Waals surface area contributed by atoms with E-state index in [9.17, 15) is 0 Å². The molecule has 0 atom stereocenters. The van der Waals surface area contributed by atoms with Gasteiger partial charge in [-0.1, -0.05) is 112 Å². The highest BCUT2D eigenvalue weighted by atomic mass is 31.1. The van der Waals surface area contributed by atoms with Gasteiger partial charge < -0.3 is 0 Å². The molecule has 0 unspecified atom stereocenters. The van der Waals surface area contributed by atoms with Crippen molar-refractivity contribution in [3.8, 4) is 11.1 Å². The highest BCUT2D eigenvalue weighted by Gasteiger charge is 2.37. The molecule has 0 fully saturated rings. The number of hydrogen-bond donors (Lipinski definition) is 0. The van der Waals surface area contributed by atoms with Gasteiger partial charge in [-0.3, -0.25) is 0 Å². The van der Waals surface area contributed by atoms with Crippen molar-refractivity contribution in [1.29, 1.82) is 0 Å². The lowest BCUT2D eigenvalue weighted by atomic mass is 9.93. The van der Waals surface area contributed by atoms with Gasteiger partial charge in [-0.25, -0.2) is 0 Å². The second kappa shape index (κ2) is 7.01. The molecule has 0 aliphatic rings. The van der Waals surface area contributed by atoms with E-state index in [1.165, 1.54) is 16.7 Å². The van der Waals surface area contributed by atoms with E-state index >= 15 is 0 Å². The van der Waals surface area contributed by atoms with Crippen molar-refractivity contribution in [2.24, 2.45) is 0 Å². The molecule has 0 bridgehead atoms. The van der Waals surface area contributed by atoms with Crippen LogP contribution >= 0.6 is 7.92 Å². The molecule has 0 aliphatic heterocycles. The van der Waals surface area contributed by atoms with Crippen LogP contribution in [0.4, 0.5) is 0 Å². The quantitative estimate of drug-likeness (QED) is 0.519. The fourth-order valence-corrected chi connectivity index (χ4v) is 8.00. The number of hydrogen-bond acceptors (Lipinski definition) is 0. The van der Waals surface area contributed by atoms with Gasteiger partial charge in [-0.2, -0.15) is 0 Å². The van der Waals surface area contributed by atoms with Crippen LogP contribution in [0.3, 0.4) is 0 Å². The molecule has 0 spiro atoms. The monoisotopic (exact) mass is 340 g/mol. The summed E-state index contributed by atoms with van der Waals surface area (Å²) in [4.78, 5) is 0. The molecule has 2 aromatic rings. The Morgan fingerprint density at radius 1 is 0.667 bits per heavy atom. The smallest absolute Gasteiger partial charge is 0.0104 e. The van der Waals surface area contributed by atoms with Crippen molar-refractivity contribution in [3.63, 3.8) is 0 Å². The highest BCUT2D eigenvalue weighted by Crippen LogP contribution is 2.59. The molecule has 0 saturated heterocycles. The van der Waals surface area contributed by atoms with Crippen LogP contribution in [0.25, 0.3) is 11.1 Å². The maximum Gasteiger partial charge on any atom is -0.0104 e. The molecule has 2 aromatic carbocycles. The largest absolute Gasteiger partial charge is 0.0636 e. The summed E-state index contributed by atoms with van der Waals surface area (Å²) < 4.78 is 0. The molecule has 0 aromatic heterocycles. The second-order valence-electron chi connectivity index (χ2n) is 8.94. The summed E-state index contributed by atoms with van der Waals surface area (Å²) in [5, 5.41) is 2.09. The van der Waals surface area contributed by atoms with Crippen LogP contribution in [0.5, 0.6) is 0 Å². The zero-order chi connectivity index (χ0) is 18.1. The maximum atomic E-state index is 2.40. The van der Waals surface area contributed by atoms with Crippen molar-refractivity contribution >= 4 is 13.2 Å². The molecule has 24 heavy (non-hydrogen) atoms. The summed E-state index contributed by atoms with van der Waals surface area (Å²) in [5.41, 5.74) is 4.28. The van der Waals surface area contributed by atoms with Crippen molar-refractivity contribution < 1.29 is 0 Å². The van der Waals surface area contributed by atoms with Gasteiger partial charge in [-0.15, -0.1) is 0 Å². The average Bonchev–Trinajstić information content (AvgIpc) is 2.45. The van der Waals surface area contributed by atoms with Crippen LogP contribution in [-0.2, 0) is 0 Å². The predicted octanol–water partition coefficient (Wildman–Crippen LogP) is 7.18. The molecule has 0 radical (unpaired) electrons. The number of rotatable bonds is 3. The zero-order valence-corrected chi connectivity index (χ0v) is 17.5. The molecule has 0 N–H and O–H groups in total. The second-order valence-corrected chi connectivity index (χ2v) is 12.8. The normalized spacial score (nSPS) is 12.9. The standard InChI is InChI=1S/C23H33P/c1-17(2)18-13-9-10-14-19(18)20-15-11-12-16-21(20)24(22(3,4)5)23(6,7)8/h9-17H,1-8H3. The Hall–Kier alpha value is -1.13. The van der Waals surface area contributed by atoms with Crippen molar-refractivity contribution in [2.45, 2.75) is 71.6 Å². The van der Waals surface area contributed by atoms with Gasteiger partial charge in [0.1, 0.15) is 0 Å². The first-order chi connectivity index (χ1) is 11.0. The van der Waals surface area contributed by atoms with Gasteiger partial charge in [0.05, 0.1) is 0 Å². The summed E-state index contributed by atoms with van der Waals surface area (Å²) in [5.74, 6) is 0.532. The third kappa shape index (κ3) is 4.09. The molecule has 0 saturated carbocycles. The van der Waals surface area contributed by atoms with Crippen LogP contribution in [0, 0.1) is 0 Å². The minimum absolute atomic E-state index is 0.274. The van der Waals surface area contributed by atoms with E-state index in [4.69, 9.17) is 0 Å². The summed E-state index contributed by atoms with van der Waals surface area (Å²) >= 11 is 0. The van der Waals surface area contributed by atoms with E-state index in [2.05, 4.69) is 104 Å². The summed E-state index contributed by atoms with van der Waals surface area (Å²) in [7, 11) is -0.314. The molecule has 0 amide bonds. The third-order valence-electron chi connectivity index (χ3n) is 4.36. The fourth-order valence-electron chi connectivity index (χ4n) is 3.87. The van der Waals surface area contributed by atoms with Gasteiger partial charge in [-0.05, 0) is 38.2 Å². The molecule has 130 valence electrons. The Labute approximate surface area is 150 Å². The molecular weight excluding hydrogens is 307 g/mol. The Morgan fingerprint density at radius 2 is 1.12 bits per heavy atom. The van der Waals surface area contributed by atoms with E-state index in [1.807, 2.05) is 0 Å². The van der Waals surface area contributed by atoms with Crippen molar-refractivity contribution in [3.05, 3.63) is 54.1 Å². The molecule has 0 heterocycles. The van der Waals surface area contributed by atoms with Crippen LogP contribution < -0.4 is 5.30 Å². The van der Waals surface area contributed by atoms with Crippen molar-refractivity contribution in [2.75, 3.05) is 0 Å². The van der Waals surface area contributed by atoms with Crippen molar-refractivity contribution in [1.82, 2.24) is 0 Å². The first-order valence-corrected chi connectivity index (χ1v) is 10.4. The van der Waals surface area contributed by atoms with Crippen LogP contribution in [-0.4, -0.2) is 10.3 Å². The fraction of sp³-hybridized carbons (Fsp3) is 0.478. The first kappa shape index (κ1) is 19.2. The molecule has 1 heteroatoms. The molecular formula is C23H33P. The van der Waals surface area contributed by atoms with Gasteiger partial charge in [0.25, 0.3) is 0 Å². The van der Waals surface area contributed by atoms with Gasteiger partial charge in [0.15, 0.2) is 0 Å². The van der Waals surface area contributed by atoms with Crippen LogP contribution in [0.2, 0.25) is 0 Å². The Morgan fingerprint density at radius 3 is 1.62 bits per heavy atom. The lowest BCUT2D eigenvalue weighted by Crippen LogP contribution is -2.32. The van der Waals surface area contributed by atoms with Crippen LogP contribution in [0.15, 0.2) is 48.5 Å². The van der Waals surface area contributed by atoms with E-state index < -0.39 is 0 Å². The van der Waals surface area contributed by atoms with Gasteiger partial charge >= 0.3 is 0 Å². The van der Waals surface area contributed by atoms with E-state index in [0.717, 1.165) is 0 Å². The molecule has 0 nitrogen and oxygen atoms in total. The maximum absolute atomic E-state index is 2.40. The summed E-state index contributed by atoms with van der Waals surface area (Å²) in [6, 6.07) is 18.0. The Kier molecular flexibility index (Phi) is 5.61. The topological polar surface area (TPSA) is 0 Å². The van der Waals surface area contributed by atoms with E-state index in [0.29, 0.717) is 5.92 Å². The zero-order valence-electron chi connectivity index (χ0n) is 16.6. The lowest BCUT2D eigenvalue weighted by molar-refractivity contribution is 0.715. The highest BCUT2D eigenvalue weighted by molar-refractivity contribution is 7.68. The molecule has 0 aliphatic carbocycles. The minimum atomic E-state index is -0.314. The third-order valence-corrected chi connectivity index (χ3v) is 7.91. The van der Waals surface area contributed by atoms with Crippen LogP contribution in [0.1, 0.15) is 66.9 Å². The number of benzene rings is 2. The SMILES string of the molecule is CC(C)c1ccccc1-c1ccccc1P(C(C)(C)C)C(C)(C)C. The minimum Gasteiger partial charge on any atom is -0.0636 e. The average molecular weight is 340 g/mol. The van der Waals surface area contributed by atoms with Gasteiger partial charge in [0.2, 0.25) is 0 Å². The Bertz CT molecular complexity index is 670. The lowest BCUT2D eigenvalue weighted by Gasteiger charge is -2.42. The molecule has 2 rings (SSSR count).